The largest absolute Gasteiger partial charge is 0.378 e. The first-order valence-electron chi connectivity index (χ1n) is 6.54. The van der Waals surface area contributed by atoms with Crippen LogP contribution in [0.1, 0.15) is 16.8 Å². The maximum atomic E-state index is 12.4. The Bertz CT molecular complexity index is 611. The second kappa shape index (κ2) is 5.44. The predicted molar refractivity (Wildman–Crippen MR) is 79.9 cm³/mol. The normalized spacial score (nSPS) is 19.1. The van der Waals surface area contributed by atoms with E-state index in [4.69, 9.17) is 0 Å². The number of likely N-dealkylation sites (tertiary alicyclic amines) is 1. The van der Waals surface area contributed by atoms with Crippen LogP contribution in [0.25, 0.3) is 0 Å². The van der Waals surface area contributed by atoms with Gasteiger partial charge in [-0.15, -0.1) is 0 Å². The summed E-state index contributed by atoms with van der Waals surface area (Å²) in [6, 6.07) is 7.37. The van der Waals surface area contributed by atoms with Gasteiger partial charge >= 0.3 is 0 Å². The molecule has 0 spiro atoms. The fourth-order valence-electron chi connectivity index (χ4n) is 2.36. The molecule has 0 aliphatic carbocycles. The Hall–Kier alpha value is -1.56. The Labute approximate surface area is 120 Å². The van der Waals surface area contributed by atoms with E-state index in [1.54, 1.807) is 11.0 Å². The fourth-order valence-corrected chi connectivity index (χ4v) is 3.35. The average molecular weight is 296 g/mol. The maximum absolute atomic E-state index is 12.4. The van der Waals surface area contributed by atoms with Crippen LogP contribution in [0.3, 0.4) is 0 Å². The van der Waals surface area contributed by atoms with Crippen LogP contribution in [0, 0.1) is 0 Å². The van der Waals surface area contributed by atoms with Crippen molar-refractivity contribution in [1.82, 2.24) is 4.90 Å². The van der Waals surface area contributed by atoms with Crippen LogP contribution >= 0.6 is 0 Å². The second-order valence-corrected chi connectivity index (χ2v) is 7.76. The molecule has 0 radical (unpaired) electrons. The molecule has 1 atom stereocenters. The van der Waals surface area contributed by atoms with E-state index < -0.39 is 15.1 Å². The van der Waals surface area contributed by atoms with Crippen LogP contribution in [0.5, 0.6) is 0 Å². The van der Waals surface area contributed by atoms with Crippen molar-refractivity contribution in [3.63, 3.8) is 0 Å². The lowest BCUT2D eigenvalue weighted by atomic mass is 10.1. The van der Waals surface area contributed by atoms with Crippen molar-refractivity contribution in [2.24, 2.45) is 0 Å². The number of carbonyl (C=O) groups is 1. The van der Waals surface area contributed by atoms with Crippen molar-refractivity contribution in [1.29, 1.82) is 0 Å². The van der Waals surface area contributed by atoms with E-state index in [2.05, 4.69) is 0 Å². The van der Waals surface area contributed by atoms with Gasteiger partial charge in [0.15, 0.2) is 9.84 Å². The highest BCUT2D eigenvalue weighted by Gasteiger charge is 2.32. The van der Waals surface area contributed by atoms with E-state index in [9.17, 15) is 13.2 Å². The molecule has 0 bridgehead atoms. The van der Waals surface area contributed by atoms with Crippen LogP contribution < -0.4 is 4.90 Å². The molecule has 1 fully saturated rings. The minimum atomic E-state index is -3.07. The third-order valence-electron chi connectivity index (χ3n) is 3.65. The van der Waals surface area contributed by atoms with Gasteiger partial charge in [-0.1, -0.05) is 6.07 Å². The van der Waals surface area contributed by atoms with Gasteiger partial charge in [-0.05, 0) is 24.6 Å². The summed E-state index contributed by atoms with van der Waals surface area (Å²) in [6.07, 6.45) is 1.76. The Morgan fingerprint density at radius 3 is 2.60 bits per heavy atom. The third kappa shape index (κ3) is 3.12. The number of hydrogen-bond acceptors (Lipinski definition) is 4. The molecule has 0 saturated carbocycles. The lowest BCUT2D eigenvalue weighted by molar-refractivity contribution is 0.0793. The summed E-state index contributed by atoms with van der Waals surface area (Å²) >= 11 is 0. The topological polar surface area (TPSA) is 57.7 Å². The molecule has 1 saturated heterocycles. The van der Waals surface area contributed by atoms with Gasteiger partial charge < -0.3 is 9.80 Å². The van der Waals surface area contributed by atoms with Gasteiger partial charge in [0.05, 0.1) is 5.25 Å². The molecule has 1 aliphatic heterocycles. The molecule has 6 heteroatoms. The molecular weight excluding hydrogens is 276 g/mol. The smallest absolute Gasteiger partial charge is 0.253 e. The lowest BCUT2D eigenvalue weighted by Gasteiger charge is -2.18. The molecule has 110 valence electrons. The SMILES string of the molecule is CN(C)c1cccc(C(=O)N2CC[C@@H](S(C)(=O)=O)C2)c1. The first kappa shape index (κ1) is 14.8. The quantitative estimate of drug-likeness (QED) is 0.835. The zero-order valence-electron chi connectivity index (χ0n) is 12.0. The average Bonchev–Trinajstić information content (AvgIpc) is 2.87. The monoisotopic (exact) mass is 296 g/mol. The Morgan fingerprint density at radius 1 is 1.35 bits per heavy atom. The van der Waals surface area contributed by atoms with Gasteiger partial charge in [0, 0.05) is 44.7 Å². The van der Waals surface area contributed by atoms with E-state index in [1.807, 2.05) is 37.2 Å². The molecule has 5 nitrogen and oxygen atoms in total. The van der Waals surface area contributed by atoms with Crippen molar-refractivity contribution < 1.29 is 13.2 Å². The highest BCUT2D eigenvalue weighted by molar-refractivity contribution is 7.91. The molecule has 2 rings (SSSR count). The summed E-state index contributed by atoms with van der Waals surface area (Å²) in [6.45, 7) is 0.798. The number of carbonyl (C=O) groups excluding carboxylic acids is 1. The number of nitrogens with zero attached hydrogens (tertiary/aromatic N) is 2. The molecular formula is C14H20N2O3S. The molecule has 1 aliphatic rings. The van der Waals surface area contributed by atoms with Crippen molar-refractivity contribution >= 4 is 21.4 Å². The fraction of sp³-hybridized carbons (Fsp3) is 0.500. The van der Waals surface area contributed by atoms with Crippen LogP contribution in [0.15, 0.2) is 24.3 Å². The molecule has 1 aromatic carbocycles. The van der Waals surface area contributed by atoms with Gasteiger partial charge in [-0.3, -0.25) is 4.79 Å². The van der Waals surface area contributed by atoms with Crippen molar-refractivity contribution in [2.45, 2.75) is 11.7 Å². The molecule has 0 N–H and O–H groups in total. The van der Waals surface area contributed by atoms with Crippen LogP contribution in [0.2, 0.25) is 0 Å². The molecule has 1 aromatic rings. The summed E-state index contributed by atoms with van der Waals surface area (Å²) in [5.74, 6) is -0.0974. The van der Waals surface area contributed by atoms with Gasteiger partial charge in [0.1, 0.15) is 0 Å². The summed E-state index contributed by atoms with van der Waals surface area (Å²) in [5.41, 5.74) is 1.56. The molecule has 0 aromatic heterocycles. The maximum Gasteiger partial charge on any atom is 0.253 e. The van der Waals surface area contributed by atoms with E-state index in [1.165, 1.54) is 6.26 Å². The Balaban J connectivity index is 2.15. The van der Waals surface area contributed by atoms with Gasteiger partial charge in [-0.2, -0.15) is 0 Å². The summed E-state index contributed by atoms with van der Waals surface area (Å²) in [5, 5.41) is -0.427. The summed E-state index contributed by atoms with van der Waals surface area (Å²) in [4.78, 5) is 16.0. The van der Waals surface area contributed by atoms with E-state index in [0.717, 1.165) is 5.69 Å². The van der Waals surface area contributed by atoms with Crippen molar-refractivity contribution in [3.8, 4) is 0 Å². The second-order valence-electron chi connectivity index (χ2n) is 5.44. The van der Waals surface area contributed by atoms with Crippen LogP contribution in [-0.4, -0.2) is 57.9 Å². The zero-order valence-corrected chi connectivity index (χ0v) is 12.9. The van der Waals surface area contributed by atoms with Gasteiger partial charge in [0.25, 0.3) is 5.91 Å². The number of hydrogen-bond donors (Lipinski definition) is 0. The minimum Gasteiger partial charge on any atom is -0.378 e. The number of benzene rings is 1. The highest BCUT2D eigenvalue weighted by Crippen LogP contribution is 2.20. The Kier molecular flexibility index (Phi) is 4.04. The van der Waals surface area contributed by atoms with E-state index in [0.29, 0.717) is 25.1 Å². The van der Waals surface area contributed by atoms with Gasteiger partial charge in [0.2, 0.25) is 0 Å². The summed E-state index contributed by atoms with van der Waals surface area (Å²) in [7, 11) is 0.757. The molecule has 1 amide bonds. The van der Waals surface area contributed by atoms with Crippen LogP contribution in [-0.2, 0) is 9.84 Å². The van der Waals surface area contributed by atoms with Gasteiger partial charge in [-0.25, -0.2) is 8.42 Å². The lowest BCUT2D eigenvalue weighted by Crippen LogP contribution is -2.31. The Morgan fingerprint density at radius 2 is 2.05 bits per heavy atom. The standard InChI is InChI=1S/C14H20N2O3S/c1-15(2)12-6-4-5-11(9-12)14(17)16-8-7-13(10-16)20(3,18)19/h4-6,9,13H,7-8,10H2,1-3H3/t13-/m1/s1. The molecule has 0 unspecified atom stereocenters. The predicted octanol–water partition coefficient (Wildman–Crippen LogP) is 1.01. The number of sulfone groups is 1. The number of rotatable bonds is 3. The van der Waals surface area contributed by atoms with E-state index in [-0.39, 0.29) is 5.91 Å². The zero-order chi connectivity index (χ0) is 14.9. The first-order valence-corrected chi connectivity index (χ1v) is 8.50. The molecule has 20 heavy (non-hydrogen) atoms. The van der Waals surface area contributed by atoms with E-state index >= 15 is 0 Å². The van der Waals surface area contributed by atoms with Crippen molar-refractivity contribution in [2.75, 3.05) is 38.3 Å². The number of anilines is 1. The van der Waals surface area contributed by atoms with Crippen molar-refractivity contribution in [3.05, 3.63) is 29.8 Å². The molecule has 1 heterocycles. The highest BCUT2D eigenvalue weighted by atomic mass is 32.2. The first-order chi connectivity index (χ1) is 9.29. The van der Waals surface area contributed by atoms with Crippen LogP contribution in [0.4, 0.5) is 5.69 Å². The third-order valence-corrected chi connectivity index (χ3v) is 5.24. The number of amides is 1. The minimum absolute atomic E-state index is 0.0974. The summed E-state index contributed by atoms with van der Waals surface area (Å²) < 4.78 is 23.1.